The second-order valence-corrected chi connectivity index (χ2v) is 5.99. The number of amides is 1. The topological polar surface area (TPSA) is 32.3 Å². The molecule has 0 aromatic heterocycles. The molecule has 0 bridgehead atoms. The highest BCUT2D eigenvalue weighted by molar-refractivity contribution is 5.81. The predicted molar refractivity (Wildman–Crippen MR) is 75.3 cm³/mol. The van der Waals surface area contributed by atoms with Gasteiger partial charge in [0.15, 0.2) is 0 Å². The predicted octanol–water partition coefficient (Wildman–Crippen LogP) is 2.59. The molecule has 0 saturated heterocycles. The molecule has 4 heteroatoms. The number of hydrogen-bond donors (Lipinski definition) is 1. The Bertz CT molecular complexity index is 438. The molecule has 0 aliphatic rings. The van der Waals surface area contributed by atoms with E-state index in [0.29, 0.717) is 6.54 Å². The van der Waals surface area contributed by atoms with Gasteiger partial charge in [-0.25, -0.2) is 4.39 Å². The maximum Gasteiger partial charge on any atom is 0.225 e. The Morgan fingerprint density at radius 1 is 1.37 bits per heavy atom. The lowest BCUT2D eigenvalue weighted by molar-refractivity contribution is -0.128. The fourth-order valence-corrected chi connectivity index (χ4v) is 1.77. The van der Waals surface area contributed by atoms with Crippen LogP contribution in [0, 0.1) is 11.2 Å². The molecular formula is C15H23FN2O. The molecule has 0 aliphatic carbocycles. The van der Waals surface area contributed by atoms with Crippen LogP contribution in [-0.2, 0) is 4.79 Å². The van der Waals surface area contributed by atoms with Gasteiger partial charge in [0.25, 0.3) is 0 Å². The van der Waals surface area contributed by atoms with Crippen molar-refractivity contribution in [2.24, 2.45) is 5.41 Å². The maximum absolute atomic E-state index is 13.3. The van der Waals surface area contributed by atoms with E-state index < -0.39 is 5.41 Å². The molecule has 106 valence electrons. The highest BCUT2D eigenvalue weighted by Gasteiger charge is 2.23. The minimum Gasteiger partial charge on any atom is -0.354 e. The van der Waals surface area contributed by atoms with Crippen molar-refractivity contribution < 1.29 is 9.18 Å². The van der Waals surface area contributed by atoms with Crippen LogP contribution < -0.4 is 5.32 Å². The average Bonchev–Trinajstić information content (AvgIpc) is 2.27. The molecule has 1 amide bonds. The van der Waals surface area contributed by atoms with Gasteiger partial charge in [0.2, 0.25) is 5.91 Å². The summed E-state index contributed by atoms with van der Waals surface area (Å²) in [7, 11) is 3.83. The minimum absolute atomic E-state index is 0.00393. The number of benzene rings is 1. The van der Waals surface area contributed by atoms with Crippen molar-refractivity contribution in [3.8, 4) is 0 Å². The van der Waals surface area contributed by atoms with E-state index in [1.165, 1.54) is 12.1 Å². The molecule has 0 saturated carbocycles. The van der Waals surface area contributed by atoms with Gasteiger partial charge in [0.1, 0.15) is 5.82 Å². The number of carbonyl (C=O) groups is 1. The first kappa shape index (κ1) is 15.6. The summed E-state index contributed by atoms with van der Waals surface area (Å²) in [5.41, 5.74) is 0.443. The zero-order valence-electron chi connectivity index (χ0n) is 12.3. The lowest BCUT2D eigenvalue weighted by Gasteiger charge is -2.27. The Kier molecular flexibility index (Phi) is 5.06. The Labute approximate surface area is 114 Å². The smallest absolute Gasteiger partial charge is 0.225 e. The largest absolute Gasteiger partial charge is 0.354 e. The van der Waals surface area contributed by atoms with E-state index >= 15 is 0 Å². The minimum atomic E-state index is -0.418. The molecule has 0 radical (unpaired) electrons. The van der Waals surface area contributed by atoms with Crippen molar-refractivity contribution in [2.75, 3.05) is 20.6 Å². The fourth-order valence-electron chi connectivity index (χ4n) is 1.77. The quantitative estimate of drug-likeness (QED) is 0.908. The van der Waals surface area contributed by atoms with Crippen LogP contribution >= 0.6 is 0 Å². The van der Waals surface area contributed by atoms with E-state index in [0.717, 1.165) is 5.56 Å². The van der Waals surface area contributed by atoms with Gasteiger partial charge in [-0.05, 0) is 31.8 Å². The van der Waals surface area contributed by atoms with Gasteiger partial charge < -0.3 is 10.2 Å². The van der Waals surface area contributed by atoms with Gasteiger partial charge in [-0.15, -0.1) is 0 Å². The third kappa shape index (κ3) is 4.63. The summed E-state index contributed by atoms with van der Waals surface area (Å²) in [6, 6.07) is 6.45. The van der Waals surface area contributed by atoms with Crippen LogP contribution in [0.4, 0.5) is 4.39 Å². The SMILES string of the molecule is CN(C)C(CNC(=O)C(C)(C)C)c1cccc(F)c1. The second kappa shape index (κ2) is 6.15. The number of halogens is 1. The van der Waals surface area contributed by atoms with Crippen molar-refractivity contribution >= 4 is 5.91 Å². The van der Waals surface area contributed by atoms with Crippen LogP contribution in [0.1, 0.15) is 32.4 Å². The van der Waals surface area contributed by atoms with Crippen molar-refractivity contribution in [2.45, 2.75) is 26.8 Å². The molecule has 1 N–H and O–H groups in total. The molecule has 0 aliphatic heterocycles. The second-order valence-electron chi connectivity index (χ2n) is 5.99. The molecular weight excluding hydrogens is 243 g/mol. The molecule has 1 rings (SSSR count). The molecule has 0 heterocycles. The van der Waals surface area contributed by atoms with Crippen LogP contribution in [0.25, 0.3) is 0 Å². The summed E-state index contributed by atoms with van der Waals surface area (Å²) in [6.07, 6.45) is 0. The Morgan fingerprint density at radius 3 is 2.47 bits per heavy atom. The number of likely N-dealkylation sites (N-methyl/N-ethyl adjacent to an activating group) is 1. The van der Waals surface area contributed by atoms with Crippen molar-refractivity contribution in [3.63, 3.8) is 0 Å². The van der Waals surface area contributed by atoms with E-state index in [1.807, 2.05) is 45.8 Å². The van der Waals surface area contributed by atoms with Crippen molar-refractivity contribution in [3.05, 3.63) is 35.6 Å². The molecule has 3 nitrogen and oxygen atoms in total. The zero-order chi connectivity index (χ0) is 14.6. The first-order chi connectivity index (χ1) is 8.71. The first-order valence-electron chi connectivity index (χ1n) is 6.42. The van der Waals surface area contributed by atoms with Crippen molar-refractivity contribution in [1.82, 2.24) is 10.2 Å². The normalized spacial score (nSPS) is 13.4. The highest BCUT2D eigenvalue weighted by Crippen LogP contribution is 2.19. The summed E-state index contributed by atoms with van der Waals surface area (Å²) in [5, 5.41) is 2.92. The van der Waals surface area contributed by atoms with E-state index in [2.05, 4.69) is 5.32 Å². The van der Waals surface area contributed by atoms with E-state index in [-0.39, 0.29) is 17.8 Å². The van der Waals surface area contributed by atoms with Gasteiger partial charge in [-0.3, -0.25) is 4.79 Å². The van der Waals surface area contributed by atoms with Crippen LogP contribution in [-0.4, -0.2) is 31.4 Å². The van der Waals surface area contributed by atoms with Crippen LogP contribution in [0.5, 0.6) is 0 Å². The Morgan fingerprint density at radius 2 is 2.00 bits per heavy atom. The summed E-state index contributed by atoms with van der Waals surface area (Å²) in [4.78, 5) is 13.9. The van der Waals surface area contributed by atoms with E-state index in [9.17, 15) is 9.18 Å². The average molecular weight is 266 g/mol. The fraction of sp³-hybridized carbons (Fsp3) is 0.533. The number of nitrogens with zero attached hydrogens (tertiary/aromatic N) is 1. The zero-order valence-corrected chi connectivity index (χ0v) is 12.3. The molecule has 1 aromatic rings. The van der Waals surface area contributed by atoms with Gasteiger partial charge in [-0.1, -0.05) is 32.9 Å². The van der Waals surface area contributed by atoms with Crippen LogP contribution in [0.15, 0.2) is 24.3 Å². The number of rotatable bonds is 4. The van der Waals surface area contributed by atoms with E-state index in [1.54, 1.807) is 6.07 Å². The summed E-state index contributed by atoms with van der Waals surface area (Å²) in [5.74, 6) is -0.262. The first-order valence-corrected chi connectivity index (χ1v) is 6.42. The molecule has 0 fully saturated rings. The summed E-state index contributed by atoms with van der Waals surface area (Å²) in [6.45, 7) is 6.08. The van der Waals surface area contributed by atoms with Crippen LogP contribution in [0.3, 0.4) is 0 Å². The molecule has 1 atom stereocenters. The van der Waals surface area contributed by atoms with Gasteiger partial charge in [0, 0.05) is 12.0 Å². The summed E-state index contributed by atoms with van der Waals surface area (Å²) < 4.78 is 13.3. The Hall–Kier alpha value is -1.42. The lowest BCUT2D eigenvalue weighted by atomic mass is 9.95. The number of nitrogens with one attached hydrogen (secondary N) is 1. The summed E-state index contributed by atoms with van der Waals surface area (Å²) >= 11 is 0. The molecule has 0 spiro atoms. The third-order valence-corrected chi connectivity index (χ3v) is 2.99. The third-order valence-electron chi connectivity index (χ3n) is 2.99. The standard InChI is InChI=1S/C15H23FN2O/c1-15(2,3)14(19)17-10-13(18(4)5)11-7-6-8-12(16)9-11/h6-9,13H,10H2,1-5H3,(H,17,19). The number of hydrogen-bond acceptors (Lipinski definition) is 2. The van der Waals surface area contributed by atoms with Gasteiger partial charge >= 0.3 is 0 Å². The Balaban J connectivity index is 2.78. The van der Waals surface area contributed by atoms with Gasteiger partial charge in [0.05, 0.1) is 6.04 Å². The molecule has 1 unspecified atom stereocenters. The van der Waals surface area contributed by atoms with E-state index in [4.69, 9.17) is 0 Å². The number of carbonyl (C=O) groups excluding carboxylic acids is 1. The highest BCUT2D eigenvalue weighted by atomic mass is 19.1. The monoisotopic (exact) mass is 266 g/mol. The lowest BCUT2D eigenvalue weighted by Crippen LogP contribution is -2.40. The van der Waals surface area contributed by atoms with Gasteiger partial charge in [-0.2, -0.15) is 0 Å². The molecule has 1 aromatic carbocycles. The van der Waals surface area contributed by atoms with Crippen LogP contribution in [0.2, 0.25) is 0 Å². The molecule has 19 heavy (non-hydrogen) atoms. The maximum atomic E-state index is 13.3. The van der Waals surface area contributed by atoms with Crippen molar-refractivity contribution in [1.29, 1.82) is 0 Å².